The number of amides is 3. The summed E-state index contributed by atoms with van der Waals surface area (Å²) in [5.74, 6) is -1.19. The zero-order valence-corrected chi connectivity index (χ0v) is 45.7. The number of ether oxygens (including phenoxy) is 2. The average molecular weight is 1130 g/mol. The van der Waals surface area contributed by atoms with E-state index in [0.717, 1.165) is 39.4 Å². The van der Waals surface area contributed by atoms with Crippen molar-refractivity contribution in [2.24, 2.45) is 5.92 Å². The number of hydrogen-bond donors (Lipinski definition) is 3. The number of anilines is 2. The molecular formula is C54H62ClF3N6O9S3. The van der Waals surface area contributed by atoms with Gasteiger partial charge in [0, 0.05) is 72.7 Å². The number of benzene rings is 5. The maximum atomic E-state index is 14.3. The normalized spacial score (nSPS) is 15.8. The molecule has 7 rings (SSSR count). The lowest BCUT2D eigenvalue weighted by Crippen LogP contribution is -2.45. The molecule has 2 unspecified atom stereocenters. The van der Waals surface area contributed by atoms with E-state index in [4.69, 9.17) is 21.1 Å². The Morgan fingerprint density at radius 3 is 2.13 bits per heavy atom. The maximum Gasteiger partial charge on any atom is 0.501 e. The molecule has 0 bridgehead atoms. The van der Waals surface area contributed by atoms with Crippen LogP contribution in [0, 0.1) is 5.92 Å². The van der Waals surface area contributed by atoms with Crippen molar-refractivity contribution in [3.8, 4) is 11.1 Å². The van der Waals surface area contributed by atoms with E-state index in [-0.39, 0.29) is 23.9 Å². The molecule has 0 aromatic heterocycles. The fourth-order valence-electron chi connectivity index (χ4n) is 8.93. The van der Waals surface area contributed by atoms with E-state index >= 15 is 0 Å². The van der Waals surface area contributed by atoms with Crippen LogP contribution in [0.2, 0.25) is 5.02 Å². The molecular weight excluding hydrogens is 1070 g/mol. The fraction of sp³-hybridized carbons (Fsp3) is 0.389. The number of hydrogen-bond acceptors (Lipinski definition) is 13. The summed E-state index contributed by atoms with van der Waals surface area (Å²) in [4.78, 5) is 44.2. The molecule has 0 spiro atoms. The molecule has 0 aliphatic carbocycles. The van der Waals surface area contributed by atoms with Gasteiger partial charge in [-0.15, -0.1) is 11.8 Å². The van der Waals surface area contributed by atoms with E-state index in [2.05, 4.69) is 20.4 Å². The van der Waals surface area contributed by atoms with Crippen molar-refractivity contribution in [3.63, 3.8) is 0 Å². The summed E-state index contributed by atoms with van der Waals surface area (Å²) >= 11 is 7.66. The monoisotopic (exact) mass is 1130 g/mol. The van der Waals surface area contributed by atoms with Crippen molar-refractivity contribution in [1.29, 1.82) is 0 Å². The number of carbonyl (C=O) groups is 3. The summed E-state index contributed by atoms with van der Waals surface area (Å²) < 4.78 is 109. The first-order valence-corrected chi connectivity index (χ1v) is 29.0. The molecule has 22 heteroatoms. The number of nitrogens with zero attached hydrogens (tertiary/aromatic N) is 3. The zero-order chi connectivity index (χ0) is 54.8. The van der Waals surface area contributed by atoms with Crippen molar-refractivity contribution < 1.29 is 53.9 Å². The number of sulfonamides is 1. The Balaban J connectivity index is 1.05. The lowest BCUT2D eigenvalue weighted by molar-refractivity contribution is -0.123. The van der Waals surface area contributed by atoms with E-state index < -0.39 is 70.5 Å². The summed E-state index contributed by atoms with van der Waals surface area (Å²) in [6.07, 6.45) is 1.01. The molecule has 2 aliphatic heterocycles. The molecule has 15 nitrogen and oxygen atoms in total. The summed E-state index contributed by atoms with van der Waals surface area (Å²) in [6, 6.07) is 31.9. The smallest absolute Gasteiger partial charge is 0.444 e. The van der Waals surface area contributed by atoms with E-state index in [0.29, 0.717) is 82.0 Å². The highest BCUT2D eigenvalue weighted by Crippen LogP contribution is 2.39. The molecule has 408 valence electrons. The van der Waals surface area contributed by atoms with Crippen LogP contribution < -0.4 is 20.3 Å². The highest BCUT2D eigenvalue weighted by Gasteiger charge is 2.48. The molecule has 2 atom stereocenters. The van der Waals surface area contributed by atoms with Crippen LogP contribution in [-0.4, -0.2) is 127 Å². The van der Waals surface area contributed by atoms with Crippen molar-refractivity contribution >= 4 is 72.5 Å². The van der Waals surface area contributed by atoms with Crippen molar-refractivity contribution in [3.05, 3.63) is 137 Å². The van der Waals surface area contributed by atoms with Crippen molar-refractivity contribution in [2.75, 3.05) is 75.5 Å². The highest BCUT2D eigenvalue weighted by atomic mass is 35.5. The predicted octanol–water partition coefficient (Wildman–Crippen LogP) is 9.66. The van der Waals surface area contributed by atoms with Crippen molar-refractivity contribution in [2.45, 2.75) is 77.9 Å². The molecule has 2 fully saturated rings. The molecule has 2 saturated heterocycles. The summed E-state index contributed by atoms with van der Waals surface area (Å²) in [6.45, 7) is 8.95. The lowest BCUT2D eigenvalue weighted by Gasteiger charge is -2.38. The molecule has 2 aliphatic rings. The molecule has 3 N–H and O–H groups in total. The van der Waals surface area contributed by atoms with Gasteiger partial charge in [-0.05, 0) is 129 Å². The van der Waals surface area contributed by atoms with Crippen LogP contribution in [0.1, 0.15) is 62.0 Å². The van der Waals surface area contributed by atoms with E-state index in [1.807, 2.05) is 71.5 Å². The molecule has 0 saturated carbocycles. The van der Waals surface area contributed by atoms with Gasteiger partial charge in [-0.3, -0.25) is 14.5 Å². The minimum absolute atomic E-state index is 0.0624. The van der Waals surface area contributed by atoms with Gasteiger partial charge in [0.15, 0.2) is 0 Å². The van der Waals surface area contributed by atoms with Crippen LogP contribution >= 0.6 is 23.4 Å². The van der Waals surface area contributed by atoms with Gasteiger partial charge < -0.3 is 29.9 Å². The van der Waals surface area contributed by atoms with E-state index in [9.17, 15) is 44.4 Å². The van der Waals surface area contributed by atoms with E-state index in [1.165, 1.54) is 35.8 Å². The van der Waals surface area contributed by atoms with Gasteiger partial charge in [0.2, 0.25) is 5.91 Å². The lowest BCUT2D eigenvalue weighted by atomic mass is 9.82. The van der Waals surface area contributed by atoms with Gasteiger partial charge in [-0.2, -0.15) is 13.2 Å². The number of likely N-dealkylation sites (N-methyl/N-ethyl adjacent to an activating group) is 1. The van der Waals surface area contributed by atoms with Gasteiger partial charge in [0.05, 0.1) is 29.8 Å². The maximum absolute atomic E-state index is 14.3. The predicted molar refractivity (Wildman–Crippen MR) is 289 cm³/mol. The topological polar surface area (TPSA) is 184 Å². The summed E-state index contributed by atoms with van der Waals surface area (Å²) in [5, 5.41) is 6.77. The first-order chi connectivity index (χ1) is 36.0. The number of rotatable bonds is 19. The fourth-order valence-corrected chi connectivity index (χ4v) is 12.1. The van der Waals surface area contributed by atoms with Gasteiger partial charge in [0.1, 0.15) is 17.0 Å². The van der Waals surface area contributed by atoms with Crippen LogP contribution in [0.15, 0.2) is 136 Å². The quantitative estimate of drug-likeness (QED) is 0.0665. The SMILES string of the molecule is CN(CC(=O)NC(c1ccccc1-c1ccc(Cl)cc1)C1CCN(c2ccc(C(=O)NS(=O)(=O)c3ccc(NC(CCN4CCOCC4)CSc4ccccc4)c(S(=O)(=O)C(F)(F)F)c3)cc2)CC1)C(=O)OC(C)(C)C. The molecule has 0 radical (unpaired) electrons. The number of alkyl halides is 3. The number of halogens is 4. The van der Waals surface area contributed by atoms with E-state index in [1.54, 1.807) is 45.0 Å². The number of thioether (sulfide) groups is 1. The van der Waals surface area contributed by atoms with Crippen LogP contribution in [-0.2, 0) is 34.1 Å². The largest absolute Gasteiger partial charge is 0.501 e. The van der Waals surface area contributed by atoms with Gasteiger partial charge in [-0.25, -0.2) is 26.4 Å². The van der Waals surface area contributed by atoms with Crippen LogP contribution in [0.3, 0.4) is 0 Å². The van der Waals surface area contributed by atoms with Crippen LogP contribution in [0.4, 0.5) is 29.3 Å². The second-order valence-corrected chi connectivity index (χ2v) is 24.7. The van der Waals surface area contributed by atoms with Crippen LogP contribution in [0.25, 0.3) is 11.1 Å². The first-order valence-electron chi connectivity index (χ1n) is 24.7. The zero-order valence-electron chi connectivity index (χ0n) is 42.5. The Kier molecular flexibility index (Phi) is 19.1. The third kappa shape index (κ3) is 15.4. The Hall–Kier alpha value is -5.84. The number of sulfone groups is 1. The number of nitrogens with one attached hydrogen (secondary N) is 3. The molecule has 2 heterocycles. The molecule has 5 aromatic carbocycles. The number of carbonyl (C=O) groups excluding carboxylic acids is 3. The Labute approximate surface area is 451 Å². The second-order valence-electron chi connectivity index (χ2n) is 19.6. The van der Waals surface area contributed by atoms with Gasteiger partial charge in [0.25, 0.3) is 25.8 Å². The van der Waals surface area contributed by atoms with Gasteiger partial charge >= 0.3 is 11.6 Å². The number of morpholine rings is 1. The Bertz CT molecular complexity index is 3030. The first kappa shape index (κ1) is 57.9. The van der Waals surface area contributed by atoms with Crippen LogP contribution in [0.5, 0.6) is 0 Å². The molecule has 76 heavy (non-hydrogen) atoms. The highest BCUT2D eigenvalue weighted by molar-refractivity contribution is 7.99. The average Bonchev–Trinajstić information content (AvgIpc) is 3.41. The second kappa shape index (κ2) is 25.1. The third-order valence-electron chi connectivity index (χ3n) is 12.9. The van der Waals surface area contributed by atoms with Crippen molar-refractivity contribution in [1.82, 2.24) is 19.8 Å². The standard InChI is InChI=1S/C54H62ClF3N6O9S3/c1-53(2,3)73-52(67)62(4)35-49(65)60-50(46-13-9-8-12-45(46)37-14-18-40(55)19-15-37)38-24-28-64(29-25-38)42-20-16-39(17-21-42)51(66)61-76(70,71)44-22-23-47(48(34-44)75(68,69)54(56,57)58)59-41(26-27-63-30-32-72-33-31-63)36-74-43-10-6-5-7-11-43/h5-23,34,38,41,50,59H,24-33,35-36H2,1-4H3,(H,60,65)(H,61,66). The Morgan fingerprint density at radius 2 is 1.49 bits per heavy atom. The number of piperidine rings is 1. The minimum Gasteiger partial charge on any atom is -0.444 e. The van der Waals surface area contributed by atoms with Gasteiger partial charge in [-0.1, -0.05) is 66.2 Å². The molecule has 5 aromatic rings. The minimum atomic E-state index is -6.11. The Morgan fingerprint density at radius 1 is 0.842 bits per heavy atom. The summed E-state index contributed by atoms with van der Waals surface area (Å²) in [5.41, 5.74) is -3.65. The molecule has 3 amide bonds. The third-order valence-corrected chi connectivity index (χ3v) is 17.2. The summed E-state index contributed by atoms with van der Waals surface area (Å²) in [7, 11) is -9.53.